The fourth-order valence-electron chi connectivity index (χ4n) is 3.60. The highest BCUT2D eigenvalue weighted by molar-refractivity contribution is 7.86. The predicted molar refractivity (Wildman–Crippen MR) is 132 cm³/mol. The van der Waals surface area contributed by atoms with E-state index in [1.807, 2.05) is 0 Å². The average molecular weight is 520 g/mol. The summed E-state index contributed by atoms with van der Waals surface area (Å²) < 4.78 is 74.9. The number of ether oxygens (including phenoxy) is 3. The van der Waals surface area contributed by atoms with Crippen LogP contribution in [0.25, 0.3) is 0 Å². The Balaban J connectivity index is 2.05. The molecule has 10 heteroatoms. The molecule has 0 saturated heterocycles. The van der Waals surface area contributed by atoms with E-state index in [1.165, 1.54) is 45.6 Å². The summed E-state index contributed by atoms with van der Waals surface area (Å²) in [7, 11) is 0.0606. The minimum Gasteiger partial charge on any atom is -0.497 e. The number of nitrogens with zero attached hydrogens (tertiary/aromatic N) is 1. The van der Waals surface area contributed by atoms with Gasteiger partial charge in [0, 0.05) is 0 Å². The van der Waals surface area contributed by atoms with Gasteiger partial charge in [0.05, 0.1) is 38.9 Å². The fraction of sp³-hybridized carbons (Fsp3) is 0.269. The number of halogens is 2. The van der Waals surface area contributed by atoms with E-state index in [9.17, 15) is 17.2 Å². The van der Waals surface area contributed by atoms with Crippen LogP contribution in [0.4, 0.5) is 8.78 Å². The molecule has 0 aliphatic rings. The van der Waals surface area contributed by atoms with Gasteiger partial charge in [-0.05, 0) is 59.7 Å². The van der Waals surface area contributed by atoms with Crippen molar-refractivity contribution in [2.75, 3.05) is 34.7 Å². The topological polar surface area (TPSA) is 83.4 Å². The average Bonchev–Trinajstić information content (AvgIpc) is 2.92. The molecule has 2 atom stereocenters. The normalized spacial score (nSPS) is 12.8. The summed E-state index contributed by atoms with van der Waals surface area (Å²) in [6, 6.07) is 18.4. The highest BCUT2D eigenvalue weighted by Crippen LogP contribution is 2.32. The molecule has 7 nitrogen and oxygen atoms in total. The van der Waals surface area contributed by atoms with Crippen molar-refractivity contribution < 1.29 is 35.7 Å². The lowest BCUT2D eigenvalue weighted by Crippen LogP contribution is -2.25. The van der Waals surface area contributed by atoms with Crippen LogP contribution in [0.15, 0.2) is 82.8 Å². The highest BCUT2D eigenvalue weighted by atomic mass is 32.2. The summed E-state index contributed by atoms with van der Waals surface area (Å²) in [5.41, 5.74) is 0.788. The maximum absolute atomic E-state index is 14.5. The smallest absolute Gasteiger partial charge is 0.358 e. The zero-order chi connectivity index (χ0) is 26.1. The third kappa shape index (κ3) is 6.31. The molecule has 0 spiro atoms. The van der Waals surface area contributed by atoms with Crippen molar-refractivity contribution in [3.8, 4) is 17.2 Å². The lowest BCUT2D eigenvalue weighted by molar-refractivity contribution is 0.329. The van der Waals surface area contributed by atoms with Crippen LogP contribution in [-0.2, 0) is 14.4 Å². The van der Waals surface area contributed by atoms with Gasteiger partial charge in [0.1, 0.15) is 35.5 Å². The molecule has 192 valence electrons. The Kier molecular flexibility index (Phi) is 9.24. The van der Waals surface area contributed by atoms with Gasteiger partial charge in [0.25, 0.3) is 0 Å². The van der Waals surface area contributed by atoms with Crippen molar-refractivity contribution in [2.24, 2.45) is 5.16 Å². The molecular weight excluding hydrogens is 492 g/mol. The molecule has 3 rings (SSSR count). The van der Waals surface area contributed by atoms with E-state index < -0.39 is 35.3 Å². The van der Waals surface area contributed by atoms with Gasteiger partial charge in [-0.25, -0.2) is 0 Å². The van der Waals surface area contributed by atoms with E-state index in [4.69, 9.17) is 18.5 Å². The van der Waals surface area contributed by atoms with E-state index in [1.54, 1.807) is 48.5 Å². The van der Waals surface area contributed by atoms with Crippen molar-refractivity contribution in [1.29, 1.82) is 0 Å². The van der Waals surface area contributed by atoms with Gasteiger partial charge in [-0.3, -0.25) is 13.1 Å². The van der Waals surface area contributed by atoms with Crippen LogP contribution in [0, 0.1) is 0 Å². The number of oxime groups is 1. The lowest BCUT2D eigenvalue weighted by atomic mass is 9.84. The van der Waals surface area contributed by atoms with Crippen molar-refractivity contribution in [2.45, 2.75) is 16.7 Å². The minimum absolute atomic E-state index is 0.118. The summed E-state index contributed by atoms with van der Waals surface area (Å²) >= 11 is 0. The van der Waals surface area contributed by atoms with E-state index >= 15 is 0 Å². The van der Waals surface area contributed by atoms with Crippen molar-refractivity contribution in [3.63, 3.8) is 0 Å². The summed E-state index contributed by atoms with van der Waals surface area (Å²) in [6.45, 7) is -1.94. The van der Waals surface area contributed by atoms with Crippen molar-refractivity contribution in [1.82, 2.24) is 0 Å². The zero-order valence-corrected chi connectivity index (χ0v) is 20.9. The number of methoxy groups -OCH3 is 3. The van der Waals surface area contributed by atoms with Gasteiger partial charge in [-0.1, -0.05) is 29.4 Å². The molecule has 36 heavy (non-hydrogen) atoms. The molecule has 0 bridgehead atoms. The van der Waals surface area contributed by atoms with Gasteiger partial charge in [-0.2, -0.15) is 8.42 Å². The first-order valence-corrected chi connectivity index (χ1v) is 12.3. The molecule has 0 heterocycles. The standard InChI is InChI=1S/C26H27F2NO6S/c1-32-20-8-4-18(5-9-20)24(16-27)26(25(17-28)19-6-10-21(33-2)11-7-19)29-35-36(30,31)23-14-12-22(34-3)13-15-23/h4-15,24-25H,16-17H2,1-3H3. The minimum atomic E-state index is -4.38. The maximum atomic E-state index is 14.5. The number of hydrogen-bond acceptors (Lipinski definition) is 7. The monoisotopic (exact) mass is 519 g/mol. The Morgan fingerprint density at radius 1 is 0.694 bits per heavy atom. The second-order valence-electron chi connectivity index (χ2n) is 7.68. The third-order valence-corrected chi connectivity index (χ3v) is 6.77. The molecule has 3 aromatic carbocycles. The number of alkyl halides is 2. The fourth-order valence-corrected chi connectivity index (χ4v) is 4.34. The first-order chi connectivity index (χ1) is 17.4. The van der Waals surface area contributed by atoms with Crippen LogP contribution < -0.4 is 14.2 Å². The largest absolute Gasteiger partial charge is 0.497 e. The summed E-state index contributed by atoms with van der Waals surface area (Å²) in [5.74, 6) is -0.613. The first-order valence-electron chi connectivity index (χ1n) is 10.9. The van der Waals surface area contributed by atoms with E-state index in [2.05, 4.69) is 5.16 Å². The SMILES string of the molecule is COc1ccc(C(CF)C(=NOS(=O)(=O)c2ccc(OC)cc2)C(CF)c2ccc(OC)cc2)cc1. The molecular formula is C26H27F2NO6S. The summed E-state index contributed by atoms with van der Waals surface area (Å²) in [4.78, 5) is -0.186. The Morgan fingerprint density at radius 2 is 1.06 bits per heavy atom. The van der Waals surface area contributed by atoms with Crippen LogP contribution in [0.2, 0.25) is 0 Å². The Bertz CT molecular complexity index is 1190. The molecule has 0 aliphatic heterocycles. The lowest BCUT2D eigenvalue weighted by Gasteiger charge is -2.23. The van der Waals surface area contributed by atoms with Crippen LogP contribution in [-0.4, -0.2) is 48.8 Å². The van der Waals surface area contributed by atoms with E-state index in [0.717, 1.165) is 0 Å². The Hall–Kier alpha value is -3.66. The molecule has 0 aliphatic carbocycles. The molecule has 2 unspecified atom stereocenters. The third-order valence-electron chi connectivity index (χ3n) is 5.65. The molecule has 0 fully saturated rings. The predicted octanol–water partition coefficient (Wildman–Crippen LogP) is 5.28. The number of rotatable bonds is 12. The van der Waals surface area contributed by atoms with E-state index in [-0.39, 0.29) is 10.6 Å². The zero-order valence-electron chi connectivity index (χ0n) is 20.1. The number of hydrogen-bond donors (Lipinski definition) is 0. The first kappa shape index (κ1) is 26.9. The van der Waals surface area contributed by atoms with Crippen molar-refractivity contribution in [3.05, 3.63) is 83.9 Å². The van der Waals surface area contributed by atoms with Crippen molar-refractivity contribution >= 4 is 15.8 Å². The second-order valence-corrected chi connectivity index (χ2v) is 9.21. The van der Waals surface area contributed by atoms with Gasteiger partial charge >= 0.3 is 10.1 Å². The molecule has 0 N–H and O–H groups in total. The maximum Gasteiger partial charge on any atom is 0.358 e. The quantitative estimate of drug-likeness (QED) is 0.239. The van der Waals surface area contributed by atoms with Crippen LogP contribution in [0.1, 0.15) is 23.0 Å². The second kappa shape index (κ2) is 12.3. The summed E-state index contributed by atoms with van der Waals surface area (Å²) in [6.07, 6.45) is 0. The van der Waals surface area contributed by atoms with Gasteiger partial charge in [0.15, 0.2) is 0 Å². The van der Waals surface area contributed by atoms with Gasteiger partial charge in [-0.15, -0.1) is 0 Å². The van der Waals surface area contributed by atoms with Crippen LogP contribution >= 0.6 is 0 Å². The molecule has 0 radical (unpaired) electrons. The molecule has 0 saturated carbocycles. The van der Waals surface area contributed by atoms with Crippen LogP contribution in [0.5, 0.6) is 17.2 Å². The van der Waals surface area contributed by atoms with E-state index in [0.29, 0.717) is 28.4 Å². The van der Waals surface area contributed by atoms with Crippen LogP contribution in [0.3, 0.4) is 0 Å². The number of benzene rings is 3. The Labute approximate surface area is 209 Å². The molecule has 0 amide bonds. The summed E-state index contributed by atoms with van der Waals surface area (Å²) in [5, 5.41) is 3.85. The molecule has 0 aromatic heterocycles. The highest BCUT2D eigenvalue weighted by Gasteiger charge is 2.30. The van der Waals surface area contributed by atoms with Gasteiger partial charge < -0.3 is 14.2 Å². The van der Waals surface area contributed by atoms with Gasteiger partial charge in [0.2, 0.25) is 0 Å². The Morgan fingerprint density at radius 3 is 1.39 bits per heavy atom. The molecule has 3 aromatic rings.